The normalized spacial score (nSPS) is 10.9. The number of hydrogen-bond donors (Lipinski definition) is 1. The molecule has 1 aromatic rings. The number of nitriles is 1. The minimum Gasteiger partial charge on any atom is -0.378 e. The van der Waals surface area contributed by atoms with Crippen molar-refractivity contribution >= 4 is 5.69 Å². The third kappa shape index (κ3) is 2.73. The van der Waals surface area contributed by atoms with Crippen molar-refractivity contribution in [3.63, 3.8) is 0 Å². The van der Waals surface area contributed by atoms with Crippen LogP contribution < -0.4 is 5.32 Å². The van der Waals surface area contributed by atoms with Crippen LogP contribution in [-0.4, -0.2) is 10.5 Å². The molecule has 1 heterocycles. The average molecular weight is 217 g/mol. The van der Waals surface area contributed by atoms with E-state index in [1.54, 1.807) is 12.3 Å². The van der Waals surface area contributed by atoms with Gasteiger partial charge in [0.05, 0.1) is 11.9 Å². The van der Waals surface area contributed by atoms with Crippen LogP contribution in [0.25, 0.3) is 0 Å². The lowest BCUT2D eigenvalue weighted by Gasteiger charge is -2.32. The second-order valence-electron chi connectivity index (χ2n) is 4.01. The highest BCUT2D eigenvalue weighted by molar-refractivity contribution is 5.45. The average Bonchev–Trinajstić information content (AvgIpc) is 2.37. The Balaban J connectivity index is 2.82. The van der Waals surface area contributed by atoms with Crippen LogP contribution >= 0.6 is 0 Å². The molecule has 0 radical (unpaired) electrons. The van der Waals surface area contributed by atoms with Gasteiger partial charge in [0.25, 0.3) is 0 Å². The molecule has 1 aromatic heterocycles. The highest BCUT2D eigenvalue weighted by Crippen LogP contribution is 2.25. The largest absolute Gasteiger partial charge is 0.378 e. The van der Waals surface area contributed by atoms with Crippen molar-refractivity contribution < 1.29 is 0 Å². The van der Waals surface area contributed by atoms with E-state index in [4.69, 9.17) is 5.26 Å². The number of anilines is 1. The lowest BCUT2D eigenvalue weighted by Crippen LogP contribution is -2.36. The molecule has 0 aromatic carbocycles. The maximum atomic E-state index is 8.67. The van der Waals surface area contributed by atoms with Crippen molar-refractivity contribution in [3.8, 4) is 6.07 Å². The summed E-state index contributed by atoms with van der Waals surface area (Å²) in [5, 5.41) is 12.2. The Bertz CT molecular complexity index is 349. The first-order valence-corrected chi connectivity index (χ1v) is 5.84. The van der Waals surface area contributed by atoms with Crippen molar-refractivity contribution in [1.82, 2.24) is 4.98 Å². The van der Waals surface area contributed by atoms with Crippen molar-refractivity contribution in [1.29, 1.82) is 5.26 Å². The van der Waals surface area contributed by atoms with Crippen LogP contribution in [0.4, 0.5) is 5.69 Å². The summed E-state index contributed by atoms with van der Waals surface area (Å²) >= 11 is 0. The predicted octanol–water partition coefficient (Wildman–Crippen LogP) is 3.33. The number of hydrogen-bond acceptors (Lipinski definition) is 3. The van der Waals surface area contributed by atoms with Gasteiger partial charge in [0.2, 0.25) is 0 Å². The van der Waals surface area contributed by atoms with Gasteiger partial charge in [0.1, 0.15) is 11.8 Å². The summed E-state index contributed by atoms with van der Waals surface area (Å²) in [6.07, 6.45) is 4.98. The standard InChI is InChI=1S/C13H19N3/c1-4-13(5-2,6-3)16-12-8-7-11(9-14)15-10-12/h7-8,10,16H,4-6H2,1-3H3. The zero-order valence-electron chi connectivity index (χ0n) is 10.2. The van der Waals surface area contributed by atoms with E-state index in [1.807, 2.05) is 12.1 Å². The van der Waals surface area contributed by atoms with E-state index in [9.17, 15) is 0 Å². The van der Waals surface area contributed by atoms with Gasteiger partial charge in [-0.3, -0.25) is 0 Å². The zero-order chi connectivity index (χ0) is 12.0. The first-order valence-electron chi connectivity index (χ1n) is 5.84. The Morgan fingerprint density at radius 1 is 1.25 bits per heavy atom. The maximum absolute atomic E-state index is 8.67. The second kappa shape index (κ2) is 5.50. The summed E-state index contributed by atoms with van der Waals surface area (Å²) in [6.45, 7) is 6.57. The predicted molar refractivity (Wildman–Crippen MR) is 66.2 cm³/mol. The van der Waals surface area contributed by atoms with Crippen LogP contribution in [-0.2, 0) is 0 Å². The minimum atomic E-state index is 0.149. The topological polar surface area (TPSA) is 48.7 Å². The molecule has 3 heteroatoms. The molecule has 0 amide bonds. The number of aromatic nitrogens is 1. The molecule has 0 aliphatic rings. The summed E-state index contributed by atoms with van der Waals surface area (Å²) in [6, 6.07) is 5.68. The third-order valence-electron chi connectivity index (χ3n) is 3.32. The zero-order valence-corrected chi connectivity index (χ0v) is 10.2. The van der Waals surface area contributed by atoms with E-state index in [0.29, 0.717) is 5.69 Å². The van der Waals surface area contributed by atoms with E-state index in [2.05, 4.69) is 31.1 Å². The van der Waals surface area contributed by atoms with Crippen LogP contribution in [0.1, 0.15) is 45.7 Å². The monoisotopic (exact) mass is 217 g/mol. The lowest BCUT2D eigenvalue weighted by molar-refractivity contribution is 0.420. The Hall–Kier alpha value is -1.56. The van der Waals surface area contributed by atoms with Crippen LogP contribution in [0.15, 0.2) is 18.3 Å². The van der Waals surface area contributed by atoms with E-state index in [1.165, 1.54) is 0 Å². The van der Waals surface area contributed by atoms with Gasteiger partial charge in [0.15, 0.2) is 0 Å². The van der Waals surface area contributed by atoms with Gasteiger partial charge in [-0.2, -0.15) is 5.26 Å². The van der Waals surface area contributed by atoms with E-state index >= 15 is 0 Å². The summed E-state index contributed by atoms with van der Waals surface area (Å²) in [5.74, 6) is 0. The minimum absolute atomic E-state index is 0.149. The van der Waals surface area contributed by atoms with Crippen molar-refractivity contribution in [2.45, 2.75) is 45.6 Å². The molecule has 0 aliphatic heterocycles. The maximum Gasteiger partial charge on any atom is 0.140 e. The number of nitrogens with one attached hydrogen (secondary N) is 1. The summed E-state index contributed by atoms with van der Waals surface area (Å²) < 4.78 is 0. The SMILES string of the molecule is CCC(CC)(CC)Nc1ccc(C#N)nc1. The fraction of sp³-hybridized carbons (Fsp3) is 0.538. The first-order chi connectivity index (χ1) is 7.69. The summed E-state index contributed by atoms with van der Waals surface area (Å²) in [4.78, 5) is 4.06. The molecular formula is C13H19N3. The van der Waals surface area contributed by atoms with Crippen molar-refractivity contribution in [2.24, 2.45) is 0 Å². The quantitative estimate of drug-likeness (QED) is 0.823. The van der Waals surface area contributed by atoms with Gasteiger partial charge in [-0.25, -0.2) is 4.98 Å². The molecule has 1 rings (SSSR count). The van der Waals surface area contributed by atoms with Gasteiger partial charge < -0.3 is 5.32 Å². The fourth-order valence-corrected chi connectivity index (χ4v) is 1.86. The molecule has 0 saturated carbocycles. The van der Waals surface area contributed by atoms with Gasteiger partial charge in [0, 0.05) is 5.54 Å². The molecule has 16 heavy (non-hydrogen) atoms. The smallest absolute Gasteiger partial charge is 0.140 e. The molecule has 0 spiro atoms. The molecule has 0 atom stereocenters. The lowest BCUT2D eigenvalue weighted by atomic mass is 9.89. The molecule has 1 N–H and O–H groups in total. The van der Waals surface area contributed by atoms with Gasteiger partial charge in [-0.05, 0) is 31.4 Å². The van der Waals surface area contributed by atoms with Crippen LogP contribution in [0.5, 0.6) is 0 Å². The van der Waals surface area contributed by atoms with Crippen LogP contribution in [0.2, 0.25) is 0 Å². The Morgan fingerprint density at radius 3 is 2.25 bits per heavy atom. The highest BCUT2D eigenvalue weighted by Gasteiger charge is 2.23. The molecule has 0 fully saturated rings. The highest BCUT2D eigenvalue weighted by atomic mass is 15.0. The molecule has 0 unspecified atom stereocenters. The summed E-state index contributed by atoms with van der Waals surface area (Å²) in [7, 11) is 0. The van der Waals surface area contributed by atoms with Gasteiger partial charge >= 0.3 is 0 Å². The third-order valence-corrected chi connectivity index (χ3v) is 3.32. The number of pyridine rings is 1. The second-order valence-corrected chi connectivity index (χ2v) is 4.01. The van der Waals surface area contributed by atoms with Crippen LogP contribution in [0, 0.1) is 11.3 Å². The van der Waals surface area contributed by atoms with Gasteiger partial charge in [-0.1, -0.05) is 20.8 Å². The number of nitrogens with zero attached hydrogens (tertiary/aromatic N) is 2. The Kier molecular flexibility index (Phi) is 4.30. The first kappa shape index (κ1) is 12.5. The van der Waals surface area contributed by atoms with E-state index < -0.39 is 0 Å². The molecule has 0 aliphatic carbocycles. The van der Waals surface area contributed by atoms with Crippen molar-refractivity contribution in [3.05, 3.63) is 24.0 Å². The molecular weight excluding hydrogens is 198 g/mol. The summed E-state index contributed by atoms with van der Waals surface area (Å²) in [5.41, 5.74) is 1.60. The fourth-order valence-electron chi connectivity index (χ4n) is 1.86. The number of rotatable bonds is 5. The van der Waals surface area contributed by atoms with Crippen molar-refractivity contribution in [2.75, 3.05) is 5.32 Å². The molecule has 3 nitrogen and oxygen atoms in total. The molecule has 86 valence electrons. The van der Waals surface area contributed by atoms with E-state index in [0.717, 1.165) is 24.9 Å². The molecule has 0 bridgehead atoms. The van der Waals surface area contributed by atoms with E-state index in [-0.39, 0.29) is 5.54 Å². The van der Waals surface area contributed by atoms with Gasteiger partial charge in [-0.15, -0.1) is 0 Å². The Labute approximate surface area is 97.5 Å². The molecule has 0 saturated heterocycles. The Morgan fingerprint density at radius 2 is 1.88 bits per heavy atom. The van der Waals surface area contributed by atoms with Crippen LogP contribution in [0.3, 0.4) is 0 Å².